The maximum atomic E-state index is 5.97. The van der Waals surface area contributed by atoms with E-state index in [1.54, 1.807) is 17.6 Å². The summed E-state index contributed by atoms with van der Waals surface area (Å²) in [5.74, 6) is 1.56. The predicted molar refractivity (Wildman–Crippen MR) is 124 cm³/mol. The Bertz CT molecular complexity index is 739. The molecule has 0 unspecified atom stereocenters. The molecule has 6 heteroatoms. The van der Waals surface area contributed by atoms with Crippen molar-refractivity contribution in [2.75, 3.05) is 18.6 Å². The highest BCUT2D eigenvalue weighted by atomic mass is 32.1. The number of benzene rings is 1. The van der Waals surface area contributed by atoms with Crippen LogP contribution in [0.4, 0.5) is 5.13 Å². The lowest BCUT2D eigenvalue weighted by Gasteiger charge is -2.12. The van der Waals surface area contributed by atoms with E-state index in [-0.39, 0.29) is 0 Å². The summed E-state index contributed by atoms with van der Waals surface area (Å²) in [6.07, 6.45) is 10.7. The Morgan fingerprint density at radius 3 is 2.45 bits per heavy atom. The van der Waals surface area contributed by atoms with Gasteiger partial charge in [-0.05, 0) is 51.0 Å². The molecule has 0 fully saturated rings. The zero-order chi connectivity index (χ0) is 20.9. The Morgan fingerprint density at radius 1 is 1.00 bits per heavy atom. The van der Waals surface area contributed by atoms with Gasteiger partial charge in [0, 0.05) is 4.88 Å². The minimum Gasteiger partial charge on any atom is -0.490 e. The molecule has 1 heterocycles. The lowest BCUT2D eigenvalue weighted by Crippen LogP contribution is -2.02. The van der Waals surface area contributed by atoms with Crippen molar-refractivity contribution in [1.29, 1.82) is 0 Å². The van der Waals surface area contributed by atoms with E-state index in [4.69, 9.17) is 9.47 Å². The van der Waals surface area contributed by atoms with Gasteiger partial charge >= 0.3 is 0 Å². The van der Waals surface area contributed by atoms with Crippen molar-refractivity contribution in [2.24, 2.45) is 5.10 Å². The van der Waals surface area contributed by atoms with E-state index in [2.05, 4.69) is 29.4 Å². The van der Waals surface area contributed by atoms with Crippen molar-refractivity contribution in [3.05, 3.63) is 34.3 Å². The number of unbranched alkanes of at least 4 members (excludes halogenated alkanes) is 6. The monoisotopic (exact) mass is 417 g/mol. The normalized spacial score (nSPS) is 11.2. The van der Waals surface area contributed by atoms with Crippen LogP contribution in [0.15, 0.2) is 23.3 Å². The molecule has 1 aromatic carbocycles. The second-order valence-corrected chi connectivity index (χ2v) is 8.34. The van der Waals surface area contributed by atoms with Gasteiger partial charge < -0.3 is 9.47 Å². The second-order valence-electron chi connectivity index (χ2n) is 7.14. The molecule has 0 radical (unpaired) electrons. The third-order valence-electron chi connectivity index (χ3n) is 4.68. The summed E-state index contributed by atoms with van der Waals surface area (Å²) in [4.78, 5) is 5.62. The van der Waals surface area contributed by atoms with Crippen molar-refractivity contribution < 1.29 is 9.47 Å². The molecule has 2 aromatic rings. The number of hydrazone groups is 1. The number of ether oxygens (including phenoxy) is 2. The van der Waals surface area contributed by atoms with Crippen LogP contribution in [-0.4, -0.2) is 24.4 Å². The van der Waals surface area contributed by atoms with Crippen LogP contribution in [0.5, 0.6) is 11.5 Å². The van der Waals surface area contributed by atoms with Gasteiger partial charge in [0.2, 0.25) is 5.13 Å². The molecule has 2 rings (SSSR count). The molecule has 1 N–H and O–H groups in total. The number of hydrogen-bond donors (Lipinski definition) is 1. The second kappa shape index (κ2) is 13.2. The topological polar surface area (TPSA) is 55.7 Å². The summed E-state index contributed by atoms with van der Waals surface area (Å²) >= 11 is 1.60. The molecule has 0 atom stereocenters. The third kappa shape index (κ3) is 8.44. The van der Waals surface area contributed by atoms with Crippen LogP contribution in [0, 0.1) is 13.8 Å². The van der Waals surface area contributed by atoms with Crippen LogP contribution < -0.4 is 14.9 Å². The van der Waals surface area contributed by atoms with Crippen molar-refractivity contribution in [1.82, 2.24) is 4.98 Å². The van der Waals surface area contributed by atoms with Crippen molar-refractivity contribution >= 4 is 22.7 Å². The summed E-state index contributed by atoms with van der Waals surface area (Å²) in [7, 11) is 0. The number of thiazole rings is 1. The number of nitrogens with zero attached hydrogens (tertiary/aromatic N) is 2. The number of nitrogens with one attached hydrogen (secondary N) is 1. The van der Waals surface area contributed by atoms with Gasteiger partial charge in [0.25, 0.3) is 0 Å². The van der Waals surface area contributed by atoms with Gasteiger partial charge in [-0.25, -0.2) is 4.98 Å². The summed E-state index contributed by atoms with van der Waals surface area (Å²) in [6, 6.07) is 5.92. The SMILES string of the molecule is CCCCCCCCCOc1ccc(/C=N\Nc2nc(C)c(C)s2)cc1OCC. The molecule has 0 saturated carbocycles. The average molecular weight is 418 g/mol. The summed E-state index contributed by atoms with van der Waals surface area (Å²) in [6.45, 7) is 9.62. The summed E-state index contributed by atoms with van der Waals surface area (Å²) < 4.78 is 11.7. The molecule has 0 aliphatic rings. The van der Waals surface area contributed by atoms with Gasteiger partial charge in [-0.15, -0.1) is 11.3 Å². The van der Waals surface area contributed by atoms with Gasteiger partial charge in [0.15, 0.2) is 11.5 Å². The van der Waals surface area contributed by atoms with Crippen LogP contribution in [0.2, 0.25) is 0 Å². The van der Waals surface area contributed by atoms with Gasteiger partial charge in [-0.1, -0.05) is 45.4 Å². The van der Waals surface area contributed by atoms with Crippen molar-refractivity contribution in [2.45, 2.75) is 72.6 Å². The first-order valence-electron chi connectivity index (χ1n) is 10.8. The van der Waals surface area contributed by atoms with Gasteiger partial charge in [-0.2, -0.15) is 5.10 Å². The molecule has 160 valence electrons. The van der Waals surface area contributed by atoms with Crippen LogP contribution in [-0.2, 0) is 0 Å². The standard InChI is InChI=1S/C23H35N3O2S/c1-5-7-8-9-10-11-12-15-28-21-14-13-20(16-22(21)27-6-2)17-24-26-23-25-18(3)19(4)29-23/h13-14,16-17H,5-12,15H2,1-4H3,(H,25,26)/b24-17-. The van der Waals surface area contributed by atoms with Crippen molar-refractivity contribution in [3.8, 4) is 11.5 Å². The Balaban J connectivity index is 1.83. The molecule has 1 aromatic heterocycles. The lowest BCUT2D eigenvalue weighted by atomic mass is 10.1. The Hall–Kier alpha value is -2.08. The Morgan fingerprint density at radius 2 is 1.76 bits per heavy atom. The van der Waals surface area contributed by atoms with Crippen LogP contribution in [0.3, 0.4) is 0 Å². The molecule has 0 amide bonds. The zero-order valence-corrected chi connectivity index (χ0v) is 19.1. The van der Waals surface area contributed by atoms with Gasteiger partial charge in [-0.3, -0.25) is 5.43 Å². The first kappa shape index (κ1) is 23.2. The van der Waals surface area contributed by atoms with E-state index in [1.165, 1.54) is 43.4 Å². The van der Waals surface area contributed by atoms with E-state index in [0.29, 0.717) is 6.61 Å². The third-order valence-corrected chi connectivity index (χ3v) is 5.65. The quantitative estimate of drug-likeness (QED) is 0.210. The lowest BCUT2D eigenvalue weighted by molar-refractivity contribution is 0.270. The summed E-state index contributed by atoms with van der Waals surface area (Å²) in [5.41, 5.74) is 4.98. The minimum atomic E-state index is 0.601. The molecule has 0 aliphatic carbocycles. The van der Waals surface area contributed by atoms with Gasteiger partial charge in [0.1, 0.15) is 0 Å². The zero-order valence-electron chi connectivity index (χ0n) is 18.3. The molecular formula is C23H35N3O2S. The smallest absolute Gasteiger partial charge is 0.203 e. The molecule has 29 heavy (non-hydrogen) atoms. The number of anilines is 1. The Kier molecular flexibility index (Phi) is 10.6. The van der Waals surface area contributed by atoms with Crippen molar-refractivity contribution in [3.63, 3.8) is 0 Å². The molecule has 0 aliphatic heterocycles. The molecule has 0 bridgehead atoms. The highest BCUT2D eigenvalue weighted by Gasteiger charge is 2.06. The van der Waals surface area contributed by atoms with E-state index >= 15 is 0 Å². The Labute approximate surface area is 179 Å². The molecule has 5 nitrogen and oxygen atoms in total. The first-order chi connectivity index (χ1) is 14.1. The van der Waals surface area contributed by atoms with Gasteiger partial charge in [0.05, 0.1) is 25.1 Å². The molecule has 0 spiro atoms. The highest BCUT2D eigenvalue weighted by molar-refractivity contribution is 7.15. The fourth-order valence-corrected chi connectivity index (χ4v) is 3.68. The van der Waals surface area contributed by atoms with Crippen LogP contribution >= 0.6 is 11.3 Å². The minimum absolute atomic E-state index is 0.601. The maximum absolute atomic E-state index is 5.97. The fourth-order valence-electron chi connectivity index (χ4n) is 2.92. The molecular weight excluding hydrogens is 382 g/mol. The van der Waals surface area contributed by atoms with Crippen LogP contribution in [0.25, 0.3) is 0 Å². The largest absolute Gasteiger partial charge is 0.490 e. The number of rotatable bonds is 14. The van der Waals surface area contributed by atoms with E-state index < -0.39 is 0 Å². The fraction of sp³-hybridized carbons (Fsp3) is 0.565. The highest BCUT2D eigenvalue weighted by Crippen LogP contribution is 2.28. The number of hydrogen-bond acceptors (Lipinski definition) is 6. The summed E-state index contributed by atoms with van der Waals surface area (Å²) in [5, 5.41) is 5.09. The molecule has 0 saturated heterocycles. The number of aryl methyl sites for hydroxylation is 2. The maximum Gasteiger partial charge on any atom is 0.203 e. The first-order valence-corrected chi connectivity index (χ1v) is 11.6. The number of aromatic nitrogens is 1. The van der Waals surface area contributed by atoms with E-state index in [1.807, 2.05) is 32.0 Å². The average Bonchev–Trinajstić information content (AvgIpc) is 3.03. The van der Waals surface area contributed by atoms with Crippen LogP contribution in [0.1, 0.15) is 74.9 Å². The van der Waals surface area contributed by atoms with E-state index in [0.717, 1.165) is 40.9 Å². The van der Waals surface area contributed by atoms with E-state index in [9.17, 15) is 0 Å². The predicted octanol–water partition coefficient (Wildman–Crippen LogP) is 6.73.